The number of carbonyl (C=O) groups is 4. The molecule has 4 aliphatic rings. The topological polar surface area (TPSA) is 186 Å². The first kappa shape index (κ1) is 31.3. The molecule has 0 aromatic heterocycles. The van der Waals surface area contributed by atoms with E-state index in [1.807, 2.05) is 0 Å². The van der Waals surface area contributed by atoms with E-state index in [0.717, 1.165) is 13.8 Å². The first-order valence-electron chi connectivity index (χ1n) is 14.3. The zero-order chi connectivity index (χ0) is 31.7. The maximum atomic E-state index is 14.9. The monoisotopic (exact) mass is 602 g/mol. The van der Waals surface area contributed by atoms with Gasteiger partial charge in [-0.1, -0.05) is 32.0 Å². The van der Waals surface area contributed by atoms with Gasteiger partial charge < -0.3 is 39.4 Å². The number of aliphatic hydroxyl groups excluding tert-OH is 3. The summed E-state index contributed by atoms with van der Waals surface area (Å²) in [5.74, 6) is -5.09. The number of esters is 3. The van der Waals surface area contributed by atoms with Gasteiger partial charge in [0.1, 0.15) is 17.8 Å². The largest absolute Gasteiger partial charge is 0.455 e. The van der Waals surface area contributed by atoms with Crippen molar-refractivity contribution < 1.29 is 58.6 Å². The fraction of sp³-hybridized carbons (Fsp3) is 0.613. The van der Waals surface area contributed by atoms with Gasteiger partial charge >= 0.3 is 17.9 Å². The van der Waals surface area contributed by atoms with Gasteiger partial charge in [0.15, 0.2) is 17.5 Å². The van der Waals surface area contributed by atoms with Crippen molar-refractivity contribution in [3.05, 3.63) is 47.0 Å². The average molecular weight is 603 g/mol. The van der Waals surface area contributed by atoms with Crippen molar-refractivity contribution in [3.8, 4) is 0 Å². The van der Waals surface area contributed by atoms with Crippen LogP contribution >= 0.6 is 0 Å². The maximum Gasteiger partial charge on any atom is 0.338 e. The highest BCUT2D eigenvalue weighted by Gasteiger charge is 2.79. The molecule has 2 bridgehead atoms. The molecule has 3 fully saturated rings. The highest BCUT2D eigenvalue weighted by Crippen LogP contribution is 2.64. The molecule has 1 aliphatic heterocycles. The standard InChI is InChI=1S/C31H38O12/c1-15-19(35)12-31(39)26(42-27(38)18-9-7-6-8-10-18)24-29(13-32,20(36)11-21-30(24,14-40-21)43-17(3)34)25(37)23(41-16(2)33)22(15)28(31,4)5/h6-10,19-21,23-24,26,32,35-36,39H,11-14H2,1-5H3/t19-,20+,21+,23?,24?,26-,29+,30-,31+/m0/s1. The van der Waals surface area contributed by atoms with E-state index in [2.05, 4.69) is 0 Å². The number of carbonyl (C=O) groups excluding carboxylic acids is 4. The van der Waals surface area contributed by atoms with Crippen LogP contribution in [0.2, 0.25) is 0 Å². The molecule has 1 saturated heterocycles. The highest BCUT2D eigenvalue weighted by atomic mass is 16.6. The lowest BCUT2D eigenvalue weighted by molar-refractivity contribution is -0.350. The van der Waals surface area contributed by atoms with Crippen LogP contribution in [0.5, 0.6) is 0 Å². The van der Waals surface area contributed by atoms with Gasteiger partial charge in [0, 0.05) is 32.1 Å². The molecule has 43 heavy (non-hydrogen) atoms. The smallest absolute Gasteiger partial charge is 0.338 e. The number of ether oxygens (including phenoxy) is 4. The zero-order valence-corrected chi connectivity index (χ0v) is 24.7. The van der Waals surface area contributed by atoms with E-state index < -0.39 is 95.2 Å². The van der Waals surface area contributed by atoms with Crippen molar-refractivity contribution in [1.82, 2.24) is 0 Å². The third-order valence-corrected chi connectivity index (χ3v) is 10.2. The number of fused-ring (bicyclic) bond motifs is 5. The molecule has 0 amide bonds. The fourth-order valence-electron chi connectivity index (χ4n) is 8.00. The second-order valence-electron chi connectivity index (χ2n) is 12.7. The van der Waals surface area contributed by atoms with E-state index in [1.165, 1.54) is 19.1 Å². The van der Waals surface area contributed by atoms with E-state index in [1.54, 1.807) is 32.0 Å². The lowest BCUT2D eigenvalue weighted by atomic mass is 9.44. The Morgan fingerprint density at radius 2 is 1.70 bits per heavy atom. The number of aliphatic hydroxyl groups is 4. The number of hydrogen-bond donors (Lipinski definition) is 4. The first-order valence-corrected chi connectivity index (χ1v) is 14.3. The van der Waals surface area contributed by atoms with E-state index in [-0.39, 0.29) is 29.7 Å². The molecule has 2 saturated carbocycles. The molecule has 5 rings (SSSR count). The molecular weight excluding hydrogens is 564 g/mol. The number of Topliss-reactive ketones (excluding diaryl/α,β-unsaturated/α-hetero) is 1. The Labute approximate surface area is 248 Å². The molecule has 0 spiro atoms. The van der Waals surface area contributed by atoms with Crippen molar-refractivity contribution in [3.63, 3.8) is 0 Å². The summed E-state index contributed by atoms with van der Waals surface area (Å²) < 4.78 is 23.3. The van der Waals surface area contributed by atoms with Crippen molar-refractivity contribution in [2.24, 2.45) is 16.7 Å². The number of ketones is 1. The van der Waals surface area contributed by atoms with Crippen LogP contribution in [0.1, 0.15) is 57.8 Å². The Hall–Kier alpha value is -3.16. The molecular formula is C31H38O12. The van der Waals surface area contributed by atoms with Gasteiger partial charge in [0.25, 0.3) is 0 Å². The van der Waals surface area contributed by atoms with Crippen molar-refractivity contribution in [1.29, 1.82) is 0 Å². The van der Waals surface area contributed by atoms with Crippen molar-refractivity contribution in [2.45, 2.75) is 89.2 Å². The lowest BCUT2D eigenvalue weighted by Crippen LogP contribution is -2.83. The molecule has 2 unspecified atom stereocenters. The molecule has 1 aromatic rings. The third kappa shape index (κ3) is 4.29. The SMILES string of the molecule is CC(=O)OC1C(=O)[C@@]2(CO)C([C@H](OC(=O)c3ccccc3)[C@]3(O)C[C@H](O)C(C)=C1C3(C)C)[C@]1(OC(C)=O)CO[C@@H]1C[C@H]2O. The van der Waals surface area contributed by atoms with Gasteiger partial charge in [-0.3, -0.25) is 14.4 Å². The summed E-state index contributed by atoms with van der Waals surface area (Å²) in [7, 11) is 0. The summed E-state index contributed by atoms with van der Waals surface area (Å²) in [6, 6.07) is 7.87. The molecule has 0 radical (unpaired) electrons. The highest BCUT2D eigenvalue weighted by molar-refractivity contribution is 5.96. The minimum atomic E-state index is -2.28. The normalized spacial score (nSPS) is 39.7. The van der Waals surface area contributed by atoms with Gasteiger partial charge in [-0.25, -0.2) is 4.79 Å². The Balaban J connectivity index is 1.87. The van der Waals surface area contributed by atoms with Crippen LogP contribution in [0.3, 0.4) is 0 Å². The Kier molecular flexibility index (Phi) is 7.62. The quantitative estimate of drug-likeness (QED) is 0.210. The minimum Gasteiger partial charge on any atom is -0.455 e. The zero-order valence-electron chi connectivity index (χ0n) is 24.7. The van der Waals surface area contributed by atoms with Crippen LogP contribution in [0.25, 0.3) is 0 Å². The second kappa shape index (κ2) is 10.5. The number of rotatable bonds is 5. The van der Waals surface area contributed by atoms with Crippen LogP contribution in [0, 0.1) is 16.7 Å². The van der Waals surface area contributed by atoms with E-state index >= 15 is 0 Å². The third-order valence-electron chi connectivity index (χ3n) is 10.2. The molecule has 4 N–H and O–H groups in total. The Bertz CT molecular complexity index is 1370. The average Bonchev–Trinajstić information content (AvgIpc) is 2.93. The Morgan fingerprint density at radius 3 is 2.23 bits per heavy atom. The van der Waals surface area contributed by atoms with Gasteiger partial charge in [-0.05, 0) is 30.2 Å². The summed E-state index contributed by atoms with van der Waals surface area (Å²) in [5.41, 5.74) is -7.37. The predicted octanol–water partition coefficient (Wildman–Crippen LogP) is 0.625. The molecule has 12 heteroatoms. The second-order valence-corrected chi connectivity index (χ2v) is 12.7. The van der Waals surface area contributed by atoms with Crippen LogP contribution in [-0.4, -0.2) is 99.1 Å². The van der Waals surface area contributed by atoms with E-state index in [4.69, 9.17) is 18.9 Å². The summed E-state index contributed by atoms with van der Waals surface area (Å²) in [5, 5.41) is 47.0. The first-order chi connectivity index (χ1) is 20.1. The maximum absolute atomic E-state index is 14.9. The Morgan fingerprint density at radius 1 is 1.05 bits per heavy atom. The van der Waals surface area contributed by atoms with E-state index in [9.17, 15) is 39.6 Å². The van der Waals surface area contributed by atoms with Gasteiger partial charge in [0.05, 0.1) is 42.3 Å². The van der Waals surface area contributed by atoms with Gasteiger partial charge in [-0.2, -0.15) is 0 Å². The summed E-state index contributed by atoms with van der Waals surface area (Å²) in [6.45, 7) is 5.56. The number of hydrogen-bond acceptors (Lipinski definition) is 12. The minimum absolute atomic E-state index is 0.0571. The summed E-state index contributed by atoms with van der Waals surface area (Å²) in [6.07, 6.45) is -8.21. The van der Waals surface area contributed by atoms with Crippen LogP contribution in [0.4, 0.5) is 0 Å². The molecule has 9 atom stereocenters. The summed E-state index contributed by atoms with van der Waals surface area (Å²) >= 11 is 0. The molecule has 1 aromatic carbocycles. The van der Waals surface area contributed by atoms with Crippen LogP contribution < -0.4 is 0 Å². The fourth-order valence-corrected chi connectivity index (χ4v) is 8.00. The van der Waals surface area contributed by atoms with Gasteiger partial charge in [-0.15, -0.1) is 0 Å². The lowest BCUT2D eigenvalue weighted by Gasteiger charge is -2.67. The van der Waals surface area contributed by atoms with Crippen LogP contribution in [0.15, 0.2) is 41.5 Å². The number of benzene rings is 1. The molecule has 234 valence electrons. The predicted molar refractivity (Wildman–Crippen MR) is 146 cm³/mol. The molecule has 12 nitrogen and oxygen atoms in total. The molecule has 1 heterocycles. The van der Waals surface area contributed by atoms with Crippen molar-refractivity contribution >= 4 is 23.7 Å². The van der Waals surface area contributed by atoms with Crippen LogP contribution in [-0.2, 0) is 33.3 Å². The molecule has 3 aliphatic carbocycles. The summed E-state index contributed by atoms with van der Waals surface area (Å²) in [4.78, 5) is 53.6. The van der Waals surface area contributed by atoms with E-state index in [0.29, 0.717) is 0 Å². The van der Waals surface area contributed by atoms with Gasteiger partial charge in [0.2, 0.25) is 0 Å². The van der Waals surface area contributed by atoms with Crippen molar-refractivity contribution in [2.75, 3.05) is 13.2 Å².